The molecule has 0 saturated heterocycles. The fourth-order valence-electron chi connectivity index (χ4n) is 3.52. The van der Waals surface area contributed by atoms with Crippen molar-refractivity contribution in [3.63, 3.8) is 0 Å². The summed E-state index contributed by atoms with van der Waals surface area (Å²) in [6.45, 7) is 4.49. The van der Waals surface area contributed by atoms with Crippen molar-refractivity contribution in [2.45, 2.75) is 31.0 Å². The Bertz CT molecular complexity index is 992. The first kappa shape index (κ1) is 25.5. The minimum Gasteiger partial charge on any atom is -0.482 e. The maximum absolute atomic E-state index is 12.1. The Morgan fingerprint density at radius 1 is 1.00 bits per heavy atom. The van der Waals surface area contributed by atoms with Crippen LogP contribution in [0.2, 0.25) is 0 Å². The first-order valence-electron chi connectivity index (χ1n) is 11.0. The topological polar surface area (TPSA) is 35.5 Å². The van der Waals surface area contributed by atoms with Crippen LogP contribution >= 0.6 is 35.1 Å². The molecule has 0 aliphatic heterocycles. The van der Waals surface area contributed by atoms with Crippen molar-refractivity contribution in [1.82, 2.24) is 0 Å². The molecule has 0 fully saturated rings. The minimum absolute atomic E-state index is 0.121. The minimum atomic E-state index is -0.389. The Hall–Kier alpha value is -2.08. The summed E-state index contributed by atoms with van der Waals surface area (Å²) in [7, 11) is 0. The Balaban J connectivity index is 1.69. The fourth-order valence-corrected chi connectivity index (χ4v) is 6.81. The van der Waals surface area contributed by atoms with Crippen LogP contribution in [0.4, 0.5) is 0 Å². The summed E-state index contributed by atoms with van der Waals surface area (Å²) < 4.78 is 10.8. The highest BCUT2D eigenvalue weighted by Gasteiger charge is 2.36. The number of carbonyl (C=O) groups excluding carboxylic acids is 1. The number of carbonyl (C=O) groups is 1. The van der Waals surface area contributed by atoms with Gasteiger partial charge in [0.05, 0.1) is 0 Å². The molecule has 6 heteroatoms. The molecule has 0 saturated carbocycles. The molecule has 0 heterocycles. The van der Waals surface area contributed by atoms with Gasteiger partial charge in [-0.25, -0.2) is 4.79 Å². The van der Waals surface area contributed by atoms with Crippen molar-refractivity contribution in [2.75, 3.05) is 18.1 Å². The van der Waals surface area contributed by atoms with E-state index in [1.807, 2.05) is 78.1 Å². The van der Waals surface area contributed by atoms with Gasteiger partial charge in [-0.05, 0) is 58.9 Å². The quantitative estimate of drug-likeness (QED) is 0.236. The largest absolute Gasteiger partial charge is 0.482 e. The molecule has 1 aliphatic rings. The second-order valence-electron chi connectivity index (χ2n) is 7.29. The molecule has 0 bridgehead atoms. The molecule has 1 aliphatic carbocycles. The third-order valence-electron chi connectivity index (χ3n) is 5.01. The lowest BCUT2D eigenvalue weighted by Gasteiger charge is -2.35. The van der Waals surface area contributed by atoms with Gasteiger partial charge in [-0.15, -0.1) is 23.5 Å². The van der Waals surface area contributed by atoms with Gasteiger partial charge in [0.1, 0.15) is 16.4 Å². The zero-order valence-electron chi connectivity index (χ0n) is 19.0. The molecule has 0 N–H and O–H groups in total. The number of thioether (sulfide) groups is 2. The molecular weight excluding hydrogens is 472 g/mol. The third kappa shape index (κ3) is 7.20. The van der Waals surface area contributed by atoms with Crippen molar-refractivity contribution >= 4 is 41.1 Å². The summed E-state index contributed by atoms with van der Waals surface area (Å²) in [6, 6.07) is 17.7. The van der Waals surface area contributed by atoms with Crippen LogP contribution in [0.3, 0.4) is 0 Å². The summed E-state index contributed by atoms with van der Waals surface area (Å²) >= 11 is 10.1. The highest BCUT2D eigenvalue weighted by atomic mass is 35.5. The molecule has 2 aromatic rings. The fraction of sp³-hybridized carbons (Fsp3) is 0.296. The Kier molecular flexibility index (Phi) is 10.0. The van der Waals surface area contributed by atoms with Crippen LogP contribution in [0, 0.1) is 0 Å². The number of benzene rings is 2. The second kappa shape index (κ2) is 13.0. The van der Waals surface area contributed by atoms with Crippen LogP contribution in [0.1, 0.15) is 31.4 Å². The maximum atomic E-state index is 12.1. The molecule has 3 rings (SSSR count). The molecule has 0 aromatic heterocycles. The van der Waals surface area contributed by atoms with E-state index in [1.165, 1.54) is 11.1 Å². The molecule has 33 heavy (non-hydrogen) atoms. The summed E-state index contributed by atoms with van der Waals surface area (Å²) in [5.41, 5.74) is 3.46. The lowest BCUT2D eigenvalue weighted by Crippen LogP contribution is -2.22. The average molecular weight is 501 g/mol. The summed E-state index contributed by atoms with van der Waals surface area (Å²) in [6.07, 6.45) is 9.05. The summed E-state index contributed by atoms with van der Waals surface area (Å²) in [4.78, 5) is 12.1. The number of ether oxygens (including phenoxy) is 2. The van der Waals surface area contributed by atoms with E-state index in [9.17, 15) is 4.79 Å². The van der Waals surface area contributed by atoms with E-state index in [-0.39, 0.29) is 23.3 Å². The van der Waals surface area contributed by atoms with Gasteiger partial charge in [-0.1, -0.05) is 80.1 Å². The van der Waals surface area contributed by atoms with Gasteiger partial charge in [0, 0.05) is 5.03 Å². The predicted octanol–water partition coefficient (Wildman–Crippen LogP) is 7.48. The van der Waals surface area contributed by atoms with E-state index in [4.69, 9.17) is 21.1 Å². The van der Waals surface area contributed by atoms with Crippen LogP contribution in [0.5, 0.6) is 5.75 Å². The first-order valence-corrected chi connectivity index (χ1v) is 13.4. The van der Waals surface area contributed by atoms with Crippen LogP contribution < -0.4 is 4.74 Å². The van der Waals surface area contributed by atoms with Gasteiger partial charge < -0.3 is 9.47 Å². The standard InChI is InChI=1S/C27H29ClO3S2/c1-3-32-27(33-4-2,22-11-8-12-24(28)16-13-22)23-14-17-25(18-15-23)30-20-26(29)31-19-21-9-6-5-7-10-21/h5-10,12-18H,3-4,11,19-20H2,1-2H3. The van der Waals surface area contributed by atoms with Crippen LogP contribution in [0.25, 0.3) is 0 Å². The highest BCUT2D eigenvalue weighted by Crippen LogP contribution is 2.53. The molecule has 2 aromatic carbocycles. The van der Waals surface area contributed by atoms with E-state index in [1.54, 1.807) is 0 Å². The van der Waals surface area contributed by atoms with Crippen LogP contribution in [-0.2, 0) is 20.2 Å². The normalized spacial score (nSPS) is 13.7. The number of hydrogen-bond donors (Lipinski definition) is 0. The van der Waals surface area contributed by atoms with Gasteiger partial charge in [-0.2, -0.15) is 0 Å². The molecular formula is C27H29ClO3S2. The van der Waals surface area contributed by atoms with Gasteiger partial charge in [0.15, 0.2) is 6.61 Å². The third-order valence-corrected chi connectivity index (χ3v) is 8.36. The van der Waals surface area contributed by atoms with Crippen molar-refractivity contribution in [1.29, 1.82) is 0 Å². The SMILES string of the molecule is CCSC(SCC)(C1=CC=C(Cl)C=CC1)c1ccc(OCC(=O)OCc2ccccc2)cc1. The molecule has 0 amide bonds. The average Bonchev–Trinajstić information content (AvgIpc) is 3.07. The zero-order chi connectivity index (χ0) is 23.5. The van der Waals surface area contributed by atoms with E-state index >= 15 is 0 Å². The molecule has 174 valence electrons. The number of esters is 1. The van der Waals surface area contributed by atoms with Crippen molar-refractivity contribution in [2.24, 2.45) is 0 Å². The number of allylic oxidation sites excluding steroid dienone is 5. The van der Waals surface area contributed by atoms with Gasteiger partial charge >= 0.3 is 5.97 Å². The van der Waals surface area contributed by atoms with Crippen molar-refractivity contribution in [3.05, 3.63) is 101 Å². The van der Waals surface area contributed by atoms with Crippen LogP contribution in [-0.4, -0.2) is 24.1 Å². The molecule has 3 nitrogen and oxygen atoms in total. The van der Waals surface area contributed by atoms with Gasteiger partial charge in [-0.3, -0.25) is 0 Å². The van der Waals surface area contributed by atoms with Crippen molar-refractivity contribution < 1.29 is 14.3 Å². The number of halogens is 1. The Morgan fingerprint density at radius 3 is 2.36 bits per heavy atom. The van der Waals surface area contributed by atoms with Gasteiger partial charge in [0.25, 0.3) is 0 Å². The monoisotopic (exact) mass is 500 g/mol. The molecule has 0 radical (unpaired) electrons. The van der Waals surface area contributed by atoms with E-state index in [2.05, 4.69) is 38.1 Å². The Labute approximate surface area is 210 Å². The van der Waals surface area contributed by atoms with E-state index in [0.717, 1.165) is 28.5 Å². The molecule has 0 spiro atoms. The Morgan fingerprint density at radius 2 is 1.70 bits per heavy atom. The van der Waals surface area contributed by atoms with E-state index in [0.29, 0.717) is 5.75 Å². The molecule has 0 atom stereocenters. The highest BCUT2D eigenvalue weighted by molar-refractivity contribution is 8.17. The number of rotatable bonds is 11. The first-order chi connectivity index (χ1) is 16.1. The number of hydrogen-bond acceptors (Lipinski definition) is 5. The second-order valence-corrected chi connectivity index (χ2v) is 10.9. The lowest BCUT2D eigenvalue weighted by molar-refractivity contribution is -0.147. The zero-order valence-corrected chi connectivity index (χ0v) is 21.3. The summed E-state index contributed by atoms with van der Waals surface area (Å²) in [5, 5.41) is 0.741. The maximum Gasteiger partial charge on any atom is 0.344 e. The van der Waals surface area contributed by atoms with E-state index < -0.39 is 0 Å². The summed E-state index contributed by atoms with van der Waals surface area (Å²) in [5.74, 6) is 2.22. The van der Waals surface area contributed by atoms with Gasteiger partial charge in [0.2, 0.25) is 0 Å². The predicted molar refractivity (Wildman–Crippen MR) is 142 cm³/mol. The van der Waals surface area contributed by atoms with Crippen LogP contribution in [0.15, 0.2) is 89.5 Å². The molecule has 0 unspecified atom stereocenters. The smallest absolute Gasteiger partial charge is 0.344 e. The lowest BCUT2D eigenvalue weighted by atomic mass is 10.0. The van der Waals surface area contributed by atoms with Crippen molar-refractivity contribution in [3.8, 4) is 5.75 Å².